The first kappa shape index (κ1) is 7.63. The van der Waals surface area contributed by atoms with Gasteiger partial charge in [0, 0.05) is 12.5 Å². The van der Waals surface area contributed by atoms with Crippen LogP contribution < -0.4 is 0 Å². The molecular weight excluding hydrogens is 122 g/mol. The van der Waals surface area contributed by atoms with E-state index in [2.05, 4.69) is 23.8 Å². The molecular formula is C9H15N. The van der Waals surface area contributed by atoms with Crippen molar-refractivity contribution in [1.29, 1.82) is 0 Å². The van der Waals surface area contributed by atoms with E-state index in [1.165, 1.54) is 25.9 Å². The van der Waals surface area contributed by atoms with Crippen LogP contribution in [0.25, 0.3) is 0 Å². The van der Waals surface area contributed by atoms with E-state index in [4.69, 9.17) is 0 Å². The van der Waals surface area contributed by atoms with Crippen molar-refractivity contribution in [3.8, 4) is 11.8 Å². The van der Waals surface area contributed by atoms with Gasteiger partial charge in [-0.15, -0.1) is 5.92 Å². The van der Waals surface area contributed by atoms with Crippen molar-refractivity contribution in [2.75, 3.05) is 20.1 Å². The largest absolute Gasteiger partial charge is 0.305 e. The van der Waals surface area contributed by atoms with Crippen molar-refractivity contribution < 1.29 is 0 Å². The van der Waals surface area contributed by atoms with Gasteiger partial charge >= 0.3 is 0 Å². The highest BCUT2D eigenvalue weighted by molar-refractivity contribution is 5.02. The summed E-state index contributed by atoms with van der Waals surface area (Å²) in [6, 6.07) is 0. The lowest BCUT2D eigenvalue weighted by atomic mass is 9.99. The van der Waals surface area contributed by atoms with E-state index in [0.717, 1.165) is 0 Å². The van der Waals surface area contributed by atoms with E-state index in [1.807, 2.05) is 6.92 Å². The number of rotatable bonds is 0. The molecule has 1 fully saturated rings. The first-order valence-corrected chi connectivity index (χ1v) is 3.93. The van der Waals surface area contributed by atoms with Gasteiger partial charge in [-0.25, -0.2) is 0 Å². The highest BCUT2D eigenvalue weighted by atomic mass is 15.1. The first-order chi connectivity index (χ1) is 4.83. The molecule has 1 heteroatoms. The minimum absolute atomic E-state index is 0.642. The molecule has 0 aromatic heterocycles. The van der Waals surface area contributed by atoms with Crippen LogP contribution in [0.3, 0.4) is 0 Å². The summed E-state index contributed by atoms with van der Waals surface area (Å²) in [7, 11) is 2.17. The summed E-state index contributed by atoms with van der Waals surface area (Å²) >= 11 is 0. The maximum absolute atomic E-state index is 3.22. The topological polar surface area (TPSA) is 3.24 Å². The van der Waals surface area contributed by atoms with Crippen molar-refractivity contribution >= 4 is 0 Å². The molecule has 1 atom stereocenters. The quantitative estimate of drug-likeness (QED) is 0.455. The van der Waals surface area contributed by atoms with Gasteiger partial charge in [0.05, 0.1) is 0 Å². The molecule has 0 aliphatic carbocycles. The molecule has 1 aliphatic heterocycles. The third-order valence-electron chi connectivity index (χ3n) is 1.97. The van der Waals surface area contributed by atoms with Gasteiger partial charge in [-0.05, 0) is 33.4 Å². The summed E-state index contributed by atoms with van der Waals surface area (Å²) in [5.74, 6) is 6.85. The Morgan fingerprint density at radius 1 is 1.50 bits per heavy atom. The second-order valence-electron chi connectivity index (χ2n) is 3.00. The zero-order chi connectivity index (χ0) is 7.40. The number of hydrogen-bond donors (Lipinski definition) is 0. The van der Waals surface area contributed by atoms with Gasteiger partial charge < -0.3 is 4.90 Å². The average molecular weight is 137 g/mol. The number of piperidine rings is 1. The lowest BCUT2D eigenvalue weighted by Crippen LogP contribution is -2.31. The van der Waals surface area contributed by atoms with Crippen molar-refractivity contribution in [3.63, 3.8) is 0 Å². The predicted octanol–water partition coefficient (Wildman–Crippen LogP) is 1.35. The van der Waals surface area contributed by atoms with E-state index >= 15 is 0 Å². The molecule has 0 aromatic carbocycles. The zero-order valence-electron chi connectivity index (χ0n) is 6.85. The molecule has 0 bridgehead atoms. The summed E-state index contributed by atoms with van der Waals surface area (Å²) in [5, 5.41) is 0. The van der Waals surface area contributed by atoms with Crippen LogP contribution in [-0.2, 0) is 0 Å². The lowest BCUT2D eigenvalue weighted by Gasteiger charge is -2.26. The molecule has 0 spiro atoms. The third-order valence-corrected chi connectivity index (χ3v) is 1.97. The standard InChI is InChI=1S/C9H15N/c1-3-5-9-6-4-7-10(2)8-9/h9H,4,6-8H2,1-2H3. The van der Waals surface area contributed by atoms with Crippen molar-refractivity contribution in [3.05, 3.63) is 0 Å². The SMILES string of the molecule is CC#CC1CCCN(C)C1. The van der Waals surface area contributed by atoms with Crippen LogP contribution in [0, 0.1) is 17.8 Å². The molecule has 0 amide bonds. The number of likely N-dealkylation sites (tertiary alicyclic amines) is 1. The second kappa shape index (κ2) is 3.63. The molecule has 56 valence electrons. The minimum atomic E-state index is 0.642. The smallest absolute Gasteiger partial charge is 0.0330 e. The summed E-state index contributed by atoms with van der Waals surface area (Å²) < 4.78 is 0. The van der Waals surface area contributed by atoms with E-state index < -0.39 is 0 Å². The van der Waals surface area contributed by atoms with Crippen molar-refractivity contribution in [2.45, 2.75) is 19.8 Å². The minimum Gasteiger partial charge on any atom is -0.305 e. The molecule has 10 heavy (non-hydrogen) atoms. The Balaban J connectivity index is 2.37. The second-order valence-corrected chi connectivity index (χ2v) is 3.00. The van der Waals surface area contributed by atoms with Crippen LogP contribution in [0.1, 0.15) is 19.8 Å². The summed E-state index contributed by atoms with van der Waals surface area (Å²) in [6.07, 6.45) is 2.61. The molecule has 1 saturated heterocycles. The Morgan fingerprint density at radius 3 is 2.90 bits per heavy atom. The van der Waals surface area contributed by atoms with Gasteiger partial charge in [-0.1, -0.05) is 5.92 Å². The van der Waals surface area contributed by atoms with Crippen LogP contribution in [-0.4, -0.2) is 25.0 Å². The van der Waals surface area contributed by atoms with Gasteiger partial charge in [-0.3, -0.25) is 0 Å². The van der Waals surface area contributed by atoms with E-state index in [9.17, 15) is 0 Å². The summed E-state index contributed by atoms with van der Waals surface area (Å²) in [6.45, 7) is 4.34. The predicted molar refractivity (Wildman–Crippen MR) is 43.7 cm³/mol. The van der Waals surface area contributed by atoms with Crippen LogP contribution in [0.2, 0.25) is 0 Å². The molecule has 0 radical (unpaired) electrons. The van der Waals surface area contributed by atoms with Crippen LogP contribution >= 0.6 is 0 Å². The summed E-state index contributed by atoms with van der Waals surface area (Å²) in [5.41, 5.74) is 0. The fraction of sp³-hybridized carbons (Fsp3) is 0.778. The van der Waals surface area contributed by atoms with E-state index in [0.29, 0.717) is 5.92 Å². The molecule has 1 unspecified atom stereocenters. The molecule has 0 aromatic rings. The molecule has 1 nitrogen and oxygen atoms in total. The number of nitrogens with zero attached hydrogens (tertiary/aromatic N) is 1. The van der Waals surface area contributed by atoms with Crippen LogP contribution in [0.4, 0.5) is 0 Å². The van der Waals surface area contributed by atoms with Gasteiger partial charge in [0.25, 0.3) is 0 Å². The average Bonchev–Trinajstić information content (AvgIpc) is 1.88. The van der Waals surface area contributed by atoms with Gasteiger partial charge in [0.2, 0.25) is 0 Å². The summed E-state index contributed by atoms with van der Waals surface area (Å²) in [4.78, 5) is 2.36. The van der Waals surface area contributed by atoms with Crippen LogP contribution in [0.5, 0.6) is 0 Å². The molecule has 1 rings (SSSR count). The molecule has 1 heterocycles. The highest BCUT2D eigenvalue weighted by Gasteiger charge is 2.13. The molecule has 1 aliphatic rings. The fourth-order valence-corrected chi connectivity index (χ4v) is 1.49. The monoisotopic (exact) mass is 137 g/mol. The fourth-order valence-electron chi connectivity index (χ4n) is 1.49. The van der Waals surface area contributed by atoms with E-state index in [1.54, 1.807) is 0 Å². The Hall–Kier alpha value is -0.480. The first-order valence-electron chi connectivity index (χ1n) is 3.93. The van der Waals surface area contributed by atoms with Gasteiger partial charge in [-0.2, -0.15) is 0 Å². The maximum Gasteiger partial charge on any atom is 0.0330 e. The zero-order valence-corrected chi connectivity index (χ0v) is 6.85. The van der Waals surface area contributed by atoms with Gasteiger partial charge in [0.1, 0.15) is 0 Å². The van der Waals surface area contributed by atoms with Crippen molar-refractivity contribution in [1.82, 2.24) is 4.90 Å². The number of hydrogen-bond acceptors (Lipinski definition) is 1. The Kier molecular flexibility index (Phi) is 2.77. The highest BCUT2D eigenvalue weighted by Crippen LogP contribution is 2.13. The maximum atomic E-state index is 3.22. The normalized spacial score (nSPS) is 27.2. The molecule has 0 N–H and O–H groups in total. The third kappa shape index (κ3) is 2.04. The van der Waals surface area contributed by atoms with Crippen LogP contribution in [0.15, 0.2) is 0 Å². The Bertz CT molecular complexity index is 152. The molecule has 0 saturated carbocycles. The van der Waals surface area contributed by atoms with Gasteiger partial charge in [0.15, 0.2) is 0 Å². The lowest BCUT2D eigenvalue weighted by molar-refractivity contribution is 0.242. The van der Waals surface area contributed by atoms with Crippen molar-refractivity contribution in [2.24, 2.45) is 5.92 Å². The van der Waals surface area contributed by atoms with E-state index in [-0.39, 0.29) is 0 Å². The Morgan fingerprint density at radius 2 is 2.30 bits per heavy atom. The Labute approximate surface area is 63.4 Å².